The number of rotatable bonds is 5. The van der Waals surface area contributed by atoms with Crippen molar-refractivity contribution in [1.29, 1.82) is 0 Å². The van der Waals surface area contributed by atoms with Crippen LogP contribution in [0.1, 0.15) is 13.8 Å². The first-order valence-electron chi connectivity index (χ1n) is 5.35. The fraction of sp³-hybridized carbons (Fsp3) is 0.400. The second kappa shape index (κ2) is 5.11. The minimum absolute atomic E-state index is 0.191. The van der Waals surface area contributed by atoms with Gasteiger partial charge in [-0.15, -0.1) is 0 Å². The van der Waals surface area contributed by atoms with Crippen molar-refractivity contribution in [3.63, 3.8) is 0 Å². The molecule has 0 aliphatic carbocycles. The number of nitro groups is 1. The normalized spacial score (nSPS) is 12.2. The molecule has 0 saturated heterocycles. The van der Waals surface area contributed by atoms with Crippen LogP contribution in [0.15, 0.2) is 23.1 Å². The van der Waals surface area contributed by atoms with Crippen LogP contribution in [-0.2, 0) is 10.0 Å². The predicted molar refractivity (Wildman–Crippen MR) is 71.2 cm³/mol. The number of hydrogen-bond acceptors (Lipinski definition) is 6. The number of sulfonamides is 1. The molecule has 0 amide bonds. The molecule has 0 aromatic heterocycles. The van der Waals surface area contributed by atoms with E-state index in [2.05, 4.69) is 5.32 Å². The molecule has 19 heavy (non-hydrogen) atoms. The lowest BCUT2D eigenvalue weighted by Gasteiger charge is -2.19. The van der Waals surface area contributed by atoms with Crippen LogP contribution in [0.3, 0.4) is 0 Å². The van der Waals surface area contributed by atoms with Gasteiger partial charge >= 0.3 is 0 Å². The topological polar surface area (TPSA) is 141 Å². The summed E-state index contributed by atoms with van der Waals surface area (Å²) in [7, 11) is -3.98. The number of nitrogens with zero attached hydrogens (tertiary/aromatic N) is 1. The van der Waals surface area contributed by atoms with E-state index in [1.807, 2.05) is 0 Å². The van der Waals surface area contributed by atoms with Crippen LogP contribution in [0.4, 0.5) is 11.4 Å². The van der Waals surface area contributed by atoms with Gasteiger partial charge in [0.05, 0.1) is 9.82 Å². The molecule has 0 saturated carbocycles. The van der Waals surface area contributed by atoms with Gasteiger partial charge in [-0.2, -0.15) is 0 Å². The quantitative estimate of drug-likeness (QED) is 0.528. The maximum Gasteiger partial charge on any atom is 0.293 e. The van der Waals surface area contributed by atoms with Gasteiger partial charge in [0.25, 0.3) is 5.69 Å². The van der Waals surface area contributed by atoms with Crippen LogP contribution in [0, 0.1) is 10.1 Å². The highest BCUT2D eigenvalue weighted by Gasteiger charge is 2.20. The highest BCUT2D eigenvalue weighted by molar-refractivity contribution is 7.89. The Bertz CT molecular complexity index is 592. The van der Waals surface area contributed by atoms with Crippen molar-refractivity contribution in [2.45, 2.75) is 24.3 Å². The molecule has 0 bridgehead atoms. The number of nitrogens with one attached hydrogen (secondary N) is 1. The van der Waals surface area contributed by atoms with Crippen molar-refractivity contribution in [2.75, 3.05) is 11.9 Å². The predicted octanol–water partition coefficient (Wildman–Crippen LogP) is 0.391. The molecule has 1 aromatic carbocycles. The van der Waals surface area contributed by atoms with E-state index in [1.165, 1.54) is 12.1 Å². The summed E-state index contributed by atoms with van der Waals surface area (Å²) < 4.78 is 22.3. The molecule has 5 N–H and O–H groups in total. The Balaban J connectivity index is 3.16. The molecular formula is C10H16N4O4S. The van der Waals surface area contributed by atoms with E-state index < -0.39 is 20.5 Å². The maximum absolute atomic E-state index is 11.2. The van der Waals surface area contributed by atoms with Crippen molar-refractivity contribution >= 4 is 21.4 Å². The lowest BCUT2D eigenvalue weighted by Crippen LogP contribution is -2.39. The van der Waals surface area contributed by atoms with Crippen molar-refractivity contribution < 1.29 is 13.3 Å². The third-order valence-electron chi connectivity index (χ3n) is 2.23. The third kappa shape index (κ3) is 4.47. The molecule has 0 spiro atoms. The molecule has 0 atom stereocenters. The zero-order chi connectivity index (χ0) is 14.8. The van der Waals surface area contributed by atoms with E-state index in [1.54, 1.807) is 13.8 Å². The Hall–Kier alpha value is -1.71. The highest BCUT2D eigenvalue weighted by atomic mass is 32.2. The molecule has 0 unspecified atom stereocenters. The van der Waals surface area contributed by atoms with Crippen molar-refractivity contribution in [1.82, 2.24) is 0 Å². The molecule has 0 aliphatic rings. The molecule has 0 radical (unpaired) electrons. The first-order valence-corrected chi connectivity index (χ1v) is 6.89. The Morgan fingerprint density at radius 2 is 2.00 bits per heavy atom. The summed E-state index contributed by atoms with van der Waals surface area (Å²) in [6.45, 7) is 3.80. The van der Waals surface area contributed by atoms with Gasteiger partial charge in [0.1, 0.15) is 5.69 Å². The lowest BCUT2D eigenvalue weighted by atomic mass is 10.1. The van der Waals surface area contributed by atoms with Gasteiger partial charge in [0.15, 0.2) is 0 Å². The summed E-state index contributed by atoms with van der Waals surface area (Å²) in [6.07, 6.45) is 0. The molecule has 0 heterocycles. The van der Waals surface area contributed by atoms with E-state index in [0.717, 1.165) is 6.07 Å². The van der Waals surface area contributed by atoms with Crippen LogP contribution in [0.2, 0.25) is 0 Å². The van der Waals surface area contributed by atoms with Gasteiger partial charge < -0.3 is 11.1 Å². The molecule has 0 aliphatic heterocycles. The molecule has 9 heteroatoms. The van der Waals surface area contributed by atoms with E-state index in [9.17, 15) is 18.5 Å². The maximum atomic E-state index is 11.2. The zero-order valence-corrected chi connectivity index (χ0v) is 11.4. The summed E-state index contributed by atoms with van der Waals surface area (Å²) in [5.41, 5.74) is 5.02. The Morgan fingerprint density at radius 1 is 1.42 bits per heavy atom. The van der Waals surface area contributed by atoms with Crippen molar-refractivity contribution in [3.05, 3.63) is 28.3 Å². The SMILES string of the molecule is CC(C)(N)CNc1ccc(S(N)(=O)=O)cc1[N+](=O)[O-]. The highest BCUT2D eigenvalue weighted by Crippen LogP contribution is 2.27. The zero-order valence-electron chi connectivity index (χ0n) is 10.6. The van der Waals surface area contributed by atoms with Crippen LogP contribution in [0.25, 0.3) is 0 Å². The van der Waals surface area contributed by atoms with Gasteiger partial charge in [-0.1, -0.05) is 0 Å². The van der Waals surface area contributed by atoms with E-state index in [-0.39, 0.29) is 16.3 Å². The van der Waals surface area contributed by atoms with Crippen LogP contribution in [-0.4, -0.2) is 25.4 Å². The first-order chi connectivity index (χ1) is 8.50. The summed E-state index contributed by atoms with van der Waals surface area (Å²) in [5.74, 6) is 0. The second-order valence-electron chi connectivity index (χ2n) is 4.82. The Labute approximate surface area is 111 Å². The largest absolute Gasteiger partial charge is 0.378 e. The van der Waals surface area contributed by atoms with Crippen molar-refractivity contribution in [2.24, 2.45) is 10.9 Å². The fourth-order valence-electron chi connectivity index (χ4n) is 1.31. The van der Waals surface area contributed by atoms with E-state index in [4.69, 9.17) is 10.9 Å². The van der Waals surface area contributed by atoms with Crippen LogP contribution >= 0.6 is 0 Å². The number of benzene rings is 1. The van der Waals surface area contributed by atoms with Gasteiger partial charge in [0, 0.05) is 18.2 Å². The Morgan fingerprint density at radius 3 is 2.42 bits per heavy atom. The fourth-order valence-corrected chi connectivity index (χ4v) is 1.85. The minimum Gasteiger partial charge on any atom is -0.378 e. The molecule has 106 valence electrons. The summed E-state index contributed by atoms with van der Waals surface area (Å²) in [6, 6.07) is 3.42. The van der Waals surface area contributed by atoms with E-state index in [0.29, 0.717) is 6.54 Å². The first kappa shape index (κ1) is 15.3. The number of primary sulfonamides is 1. The van der Waals surface area contributed by atoms with Crippen molar-refractivity contribution in [3.8, 4) is 0 Å². The monoisotopic (exact) mass is 288 g/mol. The summed E-state index contributed by atoms with van der Waals surface area (Å²) >= 11 is 0. The number of hydrogen-bond donors (Lipinski definition) is 3. The van der Waals surface area contributed by atoms with Gasteiger partial charge in [-0.05, 0) is 26.0 Å². The van der Waals surface area contributed by atoms with Gasteiger partial charge in [-0.3, -0.25) is 10.1 Å². The molecular weight excluding hydrogens is 272 g/mol. The Kier molecular flexibility index (Phi) is 4.13. The molecule has 0 fully saturated rings. The van der Waals surface area contributed by atoms with E-state index >= 15 is 0 Å². The van der Waals surface area contributed by atoms with Crippen LogP contribution < -0.4 is 16.2 Å². The number of anilines is 1. The second-order valence-corrected chi connectivity index (χ2v) is 6.38. The molecule has 8 nitrogen and oxygen atoms in total. The average molecular weight is 288 g/mol. The average Bonchev–Trinajstić information content (AvgIpc) is 2.23. The molecule has 1 rings (SSSR count). The smallest absolute Gasteiger partial charge is 0.293 e. The summed E-state index contributed by atoms with van der Waals surface area (Å²) in [4.78, 5) is 9.94. The minimum atomic E-state index is -3.98. The standard InChI is InChI=1S/C10H16N4O4S/c1-10(2,11)6-13-8-4-3-7(19(12,17)18)5-9(8)14(15)16/h3-5,13H,6,11H2,1-2H3,(H2,12,17,18). The summed E-state index contributed by atoms with van der Waals surface area (Å²) in [5, 5.41) is 18.7. The van der Waals surface area contributed by atoms with Gasteiger partial charge in [-0.25, -0.2) is 13.6 Å². The van der Waals surface area contributed by atoms with Gasteiger partial charge in [0.2, 0.25) is 10.0 Å². The van der Waals surface area contributed by atoms with Crippen LogP contribution in [0.5, 0.6) is 0 Å². The number of nitro benzene ring substituents is 1. The lowest BCUT2D eigenvalue weighted by molar-refractivity contribution is -0.384. The molecule has 1 aromatic rings. The number of nitrogens with two attached hydrogens (primary N) is 2. The third-order valence-corrected chi connectivity index (χ3v) is 3.14.